The zero-order valence-electron chi connectivity index (χ0n) is 9.30. The highest BCUT2D eigenvalue weighted by Crippen LogP contribution is 2.34. The number of hydrogen-bond acceptors (Lipinski definition) is 3. The molecule has 0 saturated carbocycles. The van der Waals surface area contributed by atoms with Crippen molar-refractivity contribution in [2.75, 3.05) is 20.4 Å². The largest absolute Gasteiger partial charge is 0.454 e. The maximum Gasteiger partial charge on any atom is 0.231 e. The second kappa shape index (κ2) is 4.53. The molecule has 82 valence electrons. The smallest absolute Gasteiger partial charge is 0.231 e. The molecule has 0 spiro atoms. The van der Waals surface area contributed by atoms with E-state index in [0.29, 0.717) is 6.79 Å². The predicted molar refractivity (Wildman–Crippen MR) is 59.5 cm³/mol. The molecule has 1 aromatic rings. The molecular weight excluding hydrogens is 190 g/mol. The van der Waals surface area contributed by atoms with Gasteiger partial charge < -0.3 is 14.8 Å². The van der Waals surface area contributed by atoms with Crippen LogP contribution in [0.1, 0.15) is 17.5 Å². The number of aryl methyl sites for hydroxylation is 2. The van der Waals surface area contributed by atoms with Gasteiger partial charge in [-0.2, -0.15) is 0 Å². The van der Waals surface area contributed by atoms with Crippen molar-refractivity contribution in [3.8, 4) is 11.5 Å². The average molecular weight is 207 g/mol. The van der Waals surface area contributed by atoms with E-state index in [9.17, 15) is 0 Å². The van der Waals surface area contributed by atoms with Crippen LogP contribution >= 0.6 is 0 Å². The van der Waals surface area contributed by atoms with Gasteiger partial charge in [0.15, 0.2) is 11.5 Å². The summed E-state index contributed by atoms with van der Waals surface area (Å²) in [6.07, 6.45) is 2.24. The van der Waals surface area contributed by atoms with Crippen molar-refractivity contribution in [1.29, 1.82) is 0 Å². The third kappa shape index (κ3) is 2.23. The molecule has 3 heteroatoms. The zero-order valence-corrected chi connectivity index (χ0v) is 9.30. The molecule has 0 bridgehead atoms. The SMILES string of the molecule is CNCCCc1cc2c(cc1C)OCO2. The first-order chi connectivity index (χ1) is 7.31. The molecule has 1 aliphatic rings. The summed E-state index contributed by atoms with van der Waals surface area (Å²) in [4.78, 5) is 0. The van der Waals surface area contributed by atoms with E-state index in [1.165, 1.54) is 11.1 Å². The minimum atomic E-state index is 0.356. The van der Waals surface area contributed by atoms with Gasteiger partial charge in [-0.3, -0.25) is 0 Å². The van der Waals surface area contributed by atoms with Crippen LogP contribution in [0.15, 0.2) is 12.1 Å². The lowest BCUT2D eigenvalue weighted by molar-refractivity contribution is 0.174. The highest BCUT2D eigenvalue weighted by molar-refractivity contribution is 5.48. The van der Waals surface area contributed by atoms with Crippen molar-refractivity contribution in [1.82, 2.24) is 5.32 Å². The van der Waals surface area contributed by atoms with Crippen LogP contribution < -0.4 is 14.8 Å². The Kier molecular flexibility index (Phi) is 3.11. The van der Waals surface area contributed by atoms with Crippen molar-refractivity contribution >= 4 is 0 Å². The van der Waals surface area contributed by atoms with Gasteiger partial charge in [0.05, 0.1) is 0 Å². The number of hydrogen-bond donors (Lipinski definition) is 1. The Labute approximate surface area is 90.4 Å². The molecular formula is C12H17NO2. The molecule has 0 radical (unpaired) electrons. The van der Waals surface area contributed by atoms with E-state index >= 15 is 0 Å². The van der Waals surface area contributed by atoms with Crippen molar-refractivity contribution in [3.05, 3.63) is 23.3 Å². The first kappa shape index (κ1) is 10.3. The molecule has 15 heavy (non-hydrogen) atoms. The van der Waals surface area contributed by atoms with Crippen LogP contribution in [0.5, 0.6) is 11.5 Å². The van der Waals surface area contributed by atoms with Crippen molar-refractivity contribution in [3.63, 3.8) is 0 Å². The second-order valence-electron chi connectivity index (χ2n) is 3.84. The lowest BCUT2D eigenvalue weighted by Gasteiger charge is -2.07. The van der Waals surface area contributed by atoms with Gasteiger partial charge in [0.2, 0.25) is 6.79 Å². The molecule has 0 unspecified atom stereocenters. The van der Waals surface area contributed by atoms with Gasteiger partial charge in [0, 0.05) is 0 Å². The molecule has 2 rings (SSSR count). The molecule has 3 nitrogen and oxygen atoms in total. The summed E-state index contributed by atoms with van der Waals surface area (Å²) in [6, 6.07) is 4.17. The van der Waals surface area contributed by atoms with Gasteiger partial charge in [-0.15, -0.1) is 0 Å². The molecule has 1 N–H and O–H groups in total. The molecule has 0 amide bonds. The molecule has 1 aliphatic heterocycles. The first-order valence-corrected chi connectivity index (χ1v) is 5.35. The van der Waals surface area contributed by atoms with Crippen LogP contribution in [0.2, 0.25) is 0 Å². The summed E-state index contributed by atoms with van der Waals surface area (Å²) in [5.74, 6) is 1.77. The minimum absolute atomic E-state index is 0.356. The lowest BCUT2D eigenvalue weighted by atomic mass is 10.0. The van der Waals surface area contributed by atoms with E-state index in [0.717, 1.165) is 30.9 Å². The van der Waals surface area contributed by atoms with Crippen molar-refractivity contribution < 1.29 is 9.47 Å². The van der Waals surface area contributed by atoms with Crippen LogP contribution in [-0.4, -0.2) is 20.4 Å². The molecule has 0 saturated heterocycles. The Morgan fingerprint density at radius 3 is 2.73 bits per heavy atom. The van der Waals surface area contributed by atoms with E-state index in [4.69, 9.17) is 9.47 Å². The molecule has 1 heterocycles. The summed E-state index contributed by atoms with van der Waals surface area (Å²) in [5.41, 5.74) is 2.64. The number of ether oxygens (including phenoxy) is 2. The number of rotatable bonds is 4. The predicted octanol–water partition coefficient (Wildman–Crippen LogP) is 1.88. The van der Waals surface area contributed by atoms with Crippen LogP contribution in [0.25, 0.3) is 0 Å². The van der Waals surface area contributed by atoms with Crippen LogP contribution in [0.3, 0.4) is 0 Å². The van der Waals surface area contributed by atoms with E-state index in [-0.39, 0.29) is 0 Å². The Balaban J connectivity index is 2.10. The maximum absolute atomic E-state index is 5.36. The first-order valence-electron chi connectivity index (χ1n) is 5.35. The van der Waals surface area contributed by atoms with Gasteiger partial charge >= 0.3 is 0 Å². The highest BCUT2D eigenvalue weighted by atomic mass is 16.7. The van der Waals surface area contributed by atoms with E-state index in [1.807, 2.05) is 7.05 Å². The van der Waals surface area contributed by atoms with Crippen molar-refractivity contribution in [2.24, 2.45) is 0 Å². The summed E-state index contributed by atoms with van der Waals surface area (Å²) in [5, 5.41) is 3.15. The fourth-order valence-electron chi connectivity index (χ4n) is 1.81. The molecule has 0 aliphatic carbocycles. The normalized spacial score (nSPS) is 13.2. The minimum Gasteiger partial charge on any atom is -0.454 e. The standard InChI is InChI=1S/C12H17NO2/c1-9-6-11-12(15-8-14-11)7-10(9)4-3-5-13-2/h6-7,13H,3-5,8H2,1-2H3. The van der Waals surface area contributed by atoms with Gasteiger partial charge in [-0.1, -0.05) is 0 Å². The average Bonchev–Trinajstić information content (AvgIpc) is 2.65. The summed E-state index contributed by atoms with van der Waals surface area (Å²) < 4.78 is 10.7. The maximum atomic E-state index is 5.36. The van der Waals surface area contributed by atoms with Crippen molar-refractivity contribution in [2.45, 2.75) is 19.8 Å². The number of fused-ring (bicyclic) bond motifs is 1. The van der Waals surface area contributed by atoms with E-state index < -0.39 is 0 Å². The van der Waals surface area contributed by atoms with Crippen LogP contribution in [0, 0.1) is 6.92 Å². The summed E-state index contributed by atoms with van der Waals surface area (Å²) in [6.45, 7) is 3.53. The molecule has 0 fully saturated rings. The number of nitrogens with one attached hydrogen (secondary N) is 1. The molecule has 1 aromatic carbocycles. The fraction of sp³-hybridized carbons (Fsp3) is 0.500. The fourth-order valence-corrected chi connectivity index (χ4v) is 1.81. The Hall–Kier alpha value is -1.22. The van der Waals surface area contributed by atoms with Gasteiger partial charge in [0.1, 0.15) is 0 Å². The highest BCUT2D eigenvalue weighted by Gasteiger charge is 2.15. The third-order valence-electron chi connectivity index (χ3n) is 2.70. The van der Waals surface area contributed by atoms with Crippen LogP contribution in [-0.2, 0) is 6.42 Å². The Morgan fingerprint density at radius 2 is 2.00 bits per heavy atom. The molecule has 0 aromatic heterocycles. The van der Waals surface area contributed by atoms with E-state index in [1.54, 1.807) is 0 Å². The summed E-state index contributed by atoms with van der Waals surface area (Å²) in [7, 11) is 1.98. The van der Waals surface area contributed by atoms with Gasteiger partial charge in [-0.25, -0.2) is 0 Å². The second-order valence-corrected chi connectivity index (χ2v) is 3.84. The Bertz CT molecular complexity index is 350. The zero-order chi connectivity index (χ0) is 10.7. The van der Waals surface area contributed by atoms with Crippen LogP contribution in [0.4, 0.5) is 0 Å². The monoisotopic (exact) mass is 207 g/mol. The summed E-state index contributed by atoms with van der Waals surface area (Å²) >= 11 is 0. The quantitative estimate of drug-likeness (QED) is 0.765. The Morgan fingerprint density at radius 1 is 1.27 bits per heavy atom. The third-order valence-corrected chi connectivity index (χ3v) is 2.70. The van der Waals surface area contributed by atoms with Gasteiger partial charge in [-0.05, 0) is 56.6 Å². The number of benzene rings is 1. The lowest BCUT2D eigenvalue weighted by Crippen LogP contribution is -2.08. The topological polar surface area (TPSA) is 30.5 Å². The molecule has 0 atom stereocenters. The van der Waals surface area contributed by atoms with Gasteiger partial charge in [0.25, 0.3) is 0 Å². The van der Waals surface area contributed by atoms with E-state index in [2.05, 4.69) is 24.4 Å².